The van der Waals surface area contributed by atoms with Gasteiger partial charge in [-0.1, -0.05) is 47.6 Å². The van der Waals surface area contributed by atoms with E-state index in [1.807, 2.05) is 36.4 Å². The van der Waals surface area contributed by atoms with E-state index in [-0.39, 0.29) is 11.8 Å². The highest BCUT2D eigenvalue weighted by molar-refractivity contribution is 5.90. The first-order valence-corrected chi connectivity index (χ1v) is 10.6. The van der Waals surface area contributed by atoms with Gasteiger partial charge in [0.05, 0.1) is 19.8 Å². The van der Waals surface area contributed by atoms with Crippen LogP contribution >= 0.6 is 0 Å². The summed E-state index contributed by atoms with van der Waals surface area (Å²) < 4.78 is 25.4. The Morgan fingerprint density at radius 1 is 1.19 bits per heavy atom. The zero-order chi connectivity index (χ0) is 22.3. The van der Waals surface area contributed by atoms with E-state index in [1.54, 1.807) is 12.1 Å². The first-order valence-electron chi connectivity index (χ1n) is 10.6. The van der Waals surface area contributed by atoms with E-state index in [0.717, 1.165) is 38.4 Å². The lowest BCUT2D eigenvalue weighted by atomic mass is 9.99. The lowest BCUT2D eigenvalue weighted by Crippen LogP contribution is -2.54. The molecule has 0 amide bonds. The van der Waals surface area contributed by atoms with Crippen molar-refractivity contribution in [2.45, 2.75) is 6.04 Å². The average Bonchev–Trinajstić information content (AvgIpc) is 3.28. The summed E-state index contributed by atoms with van der Waals surface area (Å²) in [6, 6.07) is 15.8. The number of aromatic nitrogens is 1. The number of guanidine groups is 1. The Kier molecular flexibility index (Phi) is 7.10. The molecule has 0 radical (unpaired) electrons. The highest BCUT2D eigenvalue weighted by atomic mass is 19.1. The predicted molar refractivity (Wildman–Crippen MR) is 120 cm³/mol. The van der Waals surface area contributed by atoms with E-state index in [0.29, 0.717) is 29.2 Å². The van der Waals surface area contributed by atoms with E-state index in [1.165, 1.54) is 6.07 Å². The molecule has 1 saturated heterocycles. The standard InChI is InChI=1S/C23H27FN6O2/c24-19-14-17(6-7-18(19)16-4-2-1-3-5-16)22(25)20-15-21(32-29-20)28-23(26)27-8-9-30-10-12-31-13-11-30/h1-7,14-15,22H,8-13,25H2,(H3,26,27,28)/p+1. The van der Waals surface area contributed by atoms with Crippen molar-refractivity contribution < 1.29 is 19.4 Å². The summed E-state index contributed by atoms with van der Waals surface area (Å²) >= 11 is 0. The number of morpholine rings is 1. The molecule has 1 atom stereocenters. The van der Waals surface area contributed by atoms with Crippen molar-refractivity contribution in [1.82, 2.24) is 10.1 Å². The molecule has 168 valence electrons. The Hall–Kier alpha value is -3.27. The SMILES string of the molecule is NC(=NCCN1CCOCC1)Nc1cc(C([NH3+])c2ccc(-c3ccccc3)c(F)c2)no1. The van der Waals surface area contributed by atoms with Gasteiger partial charge in [-0.15, -0.1) is 0 Å². The zero-order valence-electron chi connectivity index (χ0n) is 17.8. The van der Waals surface area contributed by atoms with Gasteiger partial charge in [0.2, 0.25) is 5.88 Å². The van der Waals surface area contributed by atoms with E-state index >= 15 is 0 Å². The number of anilines is 1. The van der Waals surface area contributed by atoms with Gasteiger partial charge in [0.1, 0.15) is 11.5 Å². The second-order valence-electron chi connectivity index (χ2n) is 7.62. The summed E-state index contributed by atoms with van der Waals surface area (Å²) in [6.45, 7) is 4.72. The van der Waals surface area contributed by atoms with E-state index in [9.17, 15) is 4.39 Å². The molecule has 0 bridgehead atoms. The van der Waals surface area contributed by atoms with Gasteiger partial charge in [-0.25, -0.2) is 4.39 Å². The molecule has 9 heteroatoms. The number of nitrogens with one attached hydrogen (secondary N) is 1. The van der Waals surface area contributed by atoms with Crippen molar-refractivity contribution in [2.24, 2.45) is 10.7 Å². The number of quaternary nitrogens is 1. The van der Waals surface area contributed by atoms with Gasteiger partial charge in [-0.2, -0.15) is 0 Å². The molecule has 32 heavy (non-hydrogen) atoms. The molecule has 1 fully saturated rings. The van der Waals surface area contributed by atoms with Crippen LogP contribution in [-0.4, -0.2) is 55.4 Å². The Balaban J connectivity index is 1.36. The number of halogens is 1. The lowest BCUT2D eigenvalue weighted by molar-refractivity contribution is -0.413. The smallest absolute Gasteiger partial charge is 0.231 e. The van der Waals surface area contributed by atoms with Crippen molar-refractivity contribution in [2.75, 3.05) is 44.7 Å². The molecule has 1 aliphatic heterocycles. The fourth-order valence-electron chi connectivity index (χ4n) is 3.59. The summed E-state index contributed by atoms with van der Waals surface area (Å²) in [5.41, 5.74) is 12.7. The Labute approximate surface area is 186 Å². The number of hydrogen-bond acceptors (Lipinski definition) is 5. The maximum absolute atomic E-state index is 14.7. The molecule has 2 heterocycles. The summed E-state index contributed by atoms with van der Waals surface area (Å²) in [5.74, 6) is 0.309. The minimum absolute atomic E-state index is 0.250. The summed E-state index contributed by atoms with van der Waals surface area (Å²) in [6.07, 6.45) is 0. The van der Waals surface area contributed by atoms with Gasteiger partial charge in [0.15, 0.2) is 12.0 Å². The van der Waals surface area contributed by atoms with Crippen LogP contribution in [0.3, 0.4) is 0 Å². The molecule has 1 aromatic heterocycles. The van der Waals surface area contributed by atoms with Crippen LogP contribution in [0, 0.1) is 5.82 Å². The van der Waals surface area contributed by atoms with Crippen LogP contribution in [0.2, 0.25) is 0 Å². The molecule has 0 aliphatic carbocycles. The van der Waals surface area contributed by atoms with E-state index in [2.05, 4.69) is 26.1 Å². The quantitative estimate of drug-likeness (QED) is 0.382. The highest BCUT2D eigenvalue weighted by Crippen LogP contribution is 2.27. The Morgan fingerprint density at radius 3 is 2.72 bits per heavy atom. The Bertz CT molecular complexity index is 1050. The summed E-state index contributed by atoms with van der Waals surface area (Å²) in [4.78, 5) is 6.60. The van der Waals surface area contributed by atoms with E-state index < -0.39 is 6.04 Å². The Morgan fingerprint density at radius 2 is 1.97 bits per heavy atom. The van der Waals surface area contributed by atoms with Gasteiger partial charge in [-0.3, -0.25) is 15.2 Å². The number of nitrogens with zero attached hydrogens (tertiary/aromatic N) is 3. The minimum Gasteiger partial charge on any atom is -0.379 e. The molecule has 0 spiro atoms. The number of ether oxygens (including phenoxy) is 1. The van der Waals surface area contributed by atoms with E-state index in [4.69, 9.17) is 15.0 Å². The lowest BCUT2D eigenvalue weighted by Gasteiger charge is -2.25. The monoisotopic (exact) mass is 439 g/mol. The largest absolute Gasteiger partial charge is 0.379 e. The summed E-state index contributed by atoms with van der Waals surface area (Å²) in [7, 11) is 0. The van der Waals surface area contributed by atoms with Crippen LogP contribution in [0.15, 0.2) is 64.1 Å². The van der Waals surface area contributed by atoms with Gasteiger partial charge in [-0.05, 0) is 11.6 Å². The predicted octanol–water partition coefficient (Wildman–Crippen LogP) is 1.87. The zero-order valence-corrected chi connectivity index (χ0v) is 17.8. The molecule has 6 N–H and O–H groups in total. The van der Waals surface area contributed by atoms with Crippen molar-refractivity contribution in [3.8, 4) is 11.1 Å². The van der Waals surface area contributed by atoms with Crippen molar-refractivity contribution in [3.63, 3.8) is 0 Å². The van der Waals surface area contributed by atoms with Gasteiger partial charge < -0.3 is 20.7 Å². The molecule has 8 nitrogen and oxygen atoms in total. The number of benzene rings is 2. The maximum Gasteiger partial charge on any atom is 0.231 e. The molecule has 1 unspecified atom stereocenters. The first-order chi connectivity index (χ1) is 15.6. The molecule has 3 aromatic rings. The molecule has 2 aromatic carbocycles. The van der Waals surface area contributed by atoms with Crippen LogP contribution in [0.25, 0.3) is 11.1 Å². The van der Waals surface area contributed by atoms with Crippen molar-refractivity contribution in [1.29, 1.82) is 0 Å². The van der Waals surface area contributed by atoms with Crippen molar-refractivity contribution in [3.05, 3.63) is 71.7 Å². The first kappa shape index (κ1) is 21.9. The van der Waals surface area contributed by atoms with Crippen LogP contribution in [-0.2, 0) is 4.74 Å². The number of rotatable bonds is 7. The van der Waals surface area contributed by atoms with Crippen LogP contribution in [0.4, 0.5) is 10.3 Å². The highest BCUT2D eigenvalue weighted by Gasteiger charge is 2.20. The maximum atomic E-state index is 14.7. The topological polar surface area (TPSA) is 117 Å². The molecule has 0 saturated carbocycles. The van der Waals surface area contributed by atoms with Crippen LogP contribution in [0.1, 0.15) is 17.3 Å². The second kappa shape index (κ2) is 10.4. The molecule has 4 rings (SSSR count). The number of hydrogen-bond donors (Lipinski definition) is 3. The molecule has 1 aliphatic rings. The fourth-order valence-corrected chi connectivity index (χ4v) is 3.59. The third-order valence-corrected chi connectivity index (χ3v) is 5.42. The van der Waals surface area contributed by atoms with Gasteiger partial charge in [0.25, 0.3) is 0 Å². The average molecular weight is 440 g/mol. The fraction of sp³-hybridized carbons (Fsp3) is 0.304. The van der Waals surface area contributed by atoms with Gasteiger partial charge >= 0.3 is 0 Å². The minimum atomic E-state index is -0.395. The van der Waals surface area contributed by atoms with Crippen LogP contribution in [0.5, 0.6) is 0 Å². The third kappa shape index (κ3) is 5.50. The number of nitrogens with two attached hydrogens (primary N) is 1. The normalized spacial score (nSPS) is 16.1. The van der Waals surface area contributed by atoms with Gasteiger partial charge in [0, 0.05) is 36.8 Å². The summed E-state index contributed by atoms with van der Waals surface area (Å²) in [5, 5.41) is 6.96. The third-order valence-electron chi connectivity index (χ3n) is 5.42. The number of aliphatic imine (C=N–C) groups is 1. The van der Waals surface area contributed by atoms with Crippen molar-refractivity contribution >= 4 is 11.8 Å². The molecular weight excluding hydrogens is 411 g/mol. The molecular formula is C23H28FN6O2+. The second-order valence-corrected chi connectivity index (χ2v) is 7.62. The van der Waals surface area contributed by atoms with Crippen LogP contribution < -0.4 is 16.8 Å².